The van der Waals surface area contributed by atoms with E-state index in [0.717, 1.165) is 23.3 Å². The average Bonchev–Trinajstić information content (AvgIpc) is 3.31. The molecule has 1 unspecified atom stereocenters. The number of rotatable bonds is 10. The average molecular weight is 447 g/mol. The predicted molar refractivity (Wildman–Crippen MR) is 127 cm³/mol. The lowest BCUT2D eigenvalue weighted by Gasteiger charge is -2.28. The summed E-state index contributed by atoms with van der Waals surface area (Å²) in [6, 6.07) is 17.0. The van der Waals surface area contributed by atoms with Crippen molar-refractivity contribution in [1.82, 2.24) is 14.8 Å². The Labute approximate surface area is 194 Å². The van der Waals surface area contributed by atoms with Crippen LogP contribution in [0.25, 0.3) is 0 Å². The molecule has 0 saturated heterocycles. The van der Waals surface area contributed by atoms with Crippen LogP contribution < -0.4 is 10.1 Å². The molecular weight excluding hydrogens is 416 g/mol. The van der Waals surface area contributed by atoms with Gasteiger partial charge in [0.25, 0.3) is 0 Å². The van der Waals surface area contributed by atoms with E-state index in [9.17, 15) is 4.79 Å². The van der Waals surface area contributed by atoms with Crippen molar-refractivity contribution in [1.29, 1.82) is 0 Å². The van der Waals surface area contributed by atoms with Crippen molar-refractivity contribution in [2.75, 3.05) is 11.9 Å². The number of unbranched alkanes of at least 4 members (excludes halogenated alkanes) is 3. The van der Waals surface area contributed by atoms with Gasteiger partial charge in [-0.2, -0.15) is 10.1 Å². The molecule has 0 spiro atoms. The molecule has 7 heteroatoms. The zero-order chi connectivity index (χ0) is 23.0. The molecule has 0 radical (unpaired) electrons. The molecule has 3 aromatic rings. The van der Waals surface area contributed by atoms with Crippen LogP contribution in [0.2, 0.25) is 0 Å². The molecule has 2 heterocycles. The van der Waals surface area contributed by atoms with Crippen LogP contribution in [0.15, 0.2) is 72.2 Å². The van der Waals surface area contributed by atoms with Crippen LogP contribution in [-0.4, -0.2) is 27.3 Å². The quantitative estimate of drug-likeness (QED) is 0.338. The van der Waals surface area contributed by atoms with E-state index in [-0.39, 0.29) is 12.6 Å². The van der Waals surface area contributed by atoms with Crippen LogP contribution in [0.4, 0.5) is 5.95 Å². The van der Waals surface area contributed by atoms with Crippen LogP contribution in [0.3, 0.4) is 0 Å². The molecule has 1 aromatic heterocycles. The fourth-order valence-corrected chi connectivity index (χ4v) is 3.93. The number of nitrogens with one attached hydrogen (secondary N) is 1. The largest absolute Gasteiger partial charge is 0.494 e. The number of anilines is 1. The van der Waals surface area contributed by atoms with Crippen molar-refractivity contribution in [3.8, 4) is 5.75 Å². The Balaban J connectivity index is 1.52. The monoisotopic (exact) mass is 446 g/mol. The van der Waals surface area contributed by atoms with Crippen LogP contribution in [0, 0.1) is 0 Å². The van der Waals surface area contributed by atoms with Gasteiger partial charge in [-0.15, -0.1) is 0 Å². The summed E-state index contributed by atoms with van der Waals surface area (Å²) in [4.78, 5) is 17.5. The minimum absolute atomic E-state index is 0.207. The SMILES string of the molecule is CCCCCCOc1ccc(C2C(C(=O)OCc3ccccc3)=C(C)Nc3ncnn32)cc1. The lowest BCUT2D eigenvalue weighted by molar-refractivity contribution is -0.140. The van der Waals surface area contributed by atoms with Gasteiger partial charge in [0.15, 0.2) is 0 Å². The lowest BCUT2D eigenvalue weighted by atomic mass is 9.95. The molecule has 1 N–H and O–H groups in total. The van der Waals surface area contributed by atoms with Gasteiger partial charge < -0.3 is 14.8 Å². The summed E-state index contributed by atoms with van der Waals surface area (Å²) in [5.74, 6) is 1.02. The lowest BCUT2D eigenvalue weighted by Crippen LogP contribution is -2.29. The number of fused-ring (bicyclic) bond motifs is 1. The molecule has 33 heavy (non-hydrogen) atoms. The second-order valence-electron chi connectivity index (χ2n) is 8.13. The minimum atomic E-state index is -0.439. The van der Waals surface area contributed by atoms with Gasteiger partial charge in [-0.05, 0) is 36.6 Å². The highest BCUT2D eigenvalue weighted by Gasteiger charge is 2.34. The van der Waals surface area contributed by atoms with Crippen LogP contribution in [0.5, 0.6) is 5.75 Å². The number of aromatic nitrogens is 3. The Kier molecular flexibility index (Phi) is 7.40. The first-order valence-electron chi connectivity index (χ1n) is 11.5. The summed E-state index contributed by atoms with van der Waals surface area (Å²) in [5.41, 5.74) is 3.06. The highest BCUT2D eigenvalue weighted by Crippen LogP contribution is 2.35. The van der Waals surface area contributed by atoms with Crippen LogP contribution >= 0.6 is 0 Å². The van der Waals surface area contributed by atoms with E-state index in [1.807, 2.05) is 61.5 Å². The Hall–Kier alpha value is -3.61. The predicted octanol–water partition coefficient (Wildman–Crippen LogP) is 5.27. The second-order valence-corrected chi connectivity index (χ2v) is 8.13. The first-order chi connectivity index (χ1) is 16.2. The summed E-state index contributed by atoms with van der Waals surface area (Å²) in [6.07, 6.45) is 6.14. The van der Waals surface area contributed by atoms with Gasteiger partial charge in [0.2, 0.25) is 5.95 Å². The molecule has 1 aliphatic rings. The molecule has 0 fully saturated rings. The Morgan fingerprint density at radius 2 is 1.85 bits per heavy atom. The van der Waals surface area contributed by atoms with Crippen molar-refractivity contribution >= 4 is 11.9 Å². The molecule has 4 rings (SSSR count). The summed E-state index contributed by atoms with van der Waals surface area (Å²) < 4.78 is 13.3. The number of nitrogens with zero attached hydrogens (tertiary/aromatic N) is 3. The smallest absolute Gasteiger partial charge is 0.338 e. The summed E-state index contributed by atoms with van der Waals surface area (Å²) in [6.45, 7) is 4.97. The highest BCUT2D eigenvalue weighted by atomic mass is 16.5. The number of hydrogen-bond donors (Lipinski definition) is 1. The summed E-state index contributed by atoms with van der Waals surface area (Å²) in [7, 11) is 0. The normalized spacial score (nSPS) is 15.0. The van der Waals surface area contributed by atoms with Gasteiger partial charge in [0, 0.05) is 5.70 Å². The number of ether oxygens (including phenoxy) is 2. The summed E-state index contributed by atoms with van der Waals surface area (Å²) >= 11 is 0. The highest BCUT2D eigenvalue weighted by molar-refractivity contribution is 5.92. The van der Waals surface area contributed by atoms with Gasteiger partial charge in [0.05, 0.1) is 12.2 Å². The Morgan fingerprint density at radius 3 is 2.61 bits per heavy atom. The van der Waals surface area contributed by atoms with E-state index in [0.29, 0.717) is 23.8 Å². The molecule has 0 aliphatic carbocycles. The topological polar surface area (TPSA) is 78.3 Å². The molecule has 2 aromatic carbocycles. The van der Waals surface area contributed by atoms with E-state index in [1.165, 1.54) is 25.6 Å². The third kappa shape index (κ3) is 5.42. The molecule has 0 bridgehead atoms. The molecular formula is C26H30N4O3. The second kappa shape index (κ2) is 10.8. The number of hydrogen-bond acceptors (Lipinski definition) is 6. The van der Waals surface area contributed by atoms with E-state index in [1.54, 1.807) is 4.68 Å². The molecule has 1 atom stereocenters. The van der Waals surface area contributed by atoms with Crippen molar-refractivity contribution in [2.45, 2.75) is 52.2 Å². The molecule has 1 aliphatic heterocycles. The van der Waals surface area contributed by atoms with Gasteiger partial charge in [-0.3, -0.25) is 0 Å². The first kappa shape index (κ1) is 22.6. The minimum Gasteiger partial charge on any atom is -0.494 e. The molecule has 172 valence electrons. The molecule has 0 saturated carbocycles. The number of esters is 1. The zero-order valence-corrected chi connectivity index (χ0v) is 19.2. The van der Waals surface area contributed by atoms with E-state index >= 15 is 0 Å². The van der Waals surface area contributed by atoms with Crippen LogP contribution in [-0.2, 0) is 16.1 Å². The van der Waals surface area contributed by atoms with Crippen molar-refractivity contribution in [2.24, 2.45) is 0 Å². The van der Waals surface area contributed by atoms with E-state index in [2.05, 4.69) is 22.3 Å². The molecule has 0 amide bonds. The van der Waals surface area contributed by atoms with Gasteiger partial charge in [-0.1, -0.05) is 68.7 Å². The third-order valence-electron chi connectivity index (χ3n) is 5.69. The van der Waals surface area contributed by atoms with Crippen molar-refractivity contribution < 1.29 is 14.3 Å². The maximum Gasteiger partial charge on any atom is 0.338 e. The van der Waals surface area contributed by atoms with Crippen molar-refractivity contribution in [3.05, 3.63) is 83.3 Å². The van der Waals surface area contributed by atoms with Crippen molar-refractivity contribution in [3.63, 3.8) is 0 Å². The van der Waals surface area contributed by atoms with Gasteiger partial charge in [0.1, 0.15) is 24.7 Å². The number of allylic oxidation sites excluding steroid dienone is 1. The fraction of sp³-hybridized carbons (Fsp3) is 0.346. The Bertz CT molecular complexity index is 1090. The third-order valence-corrected chi connectivity index (χ3v) is 5.69. The number of carbonyl (C=O) groups excluding carboxylic acids is 1. The maximum atomic E-state index is 13.2. The van der Waals surface area contributed by atoms with Gasteiger partial charge >= 0.3 is 5.97 Å². The Morgan fingerprint density at radius 1 is 1.06 bits per heavy atom. The number of carbonyl (C=O) groups is 1. The standard InChI is InChI=1S/C26H30N4O3/c1-3-4-5-9-16-32-22-14-12-21(13-15-22)24-23(19(2)29-26-27-18-28-30(24)26)25(31)33-17-20-10-7-6-8-11-20/h6-8,10-15,18,24H,3-5,9,16-17H2,1-2H3,(H,27,28,29). The first-order valence-corrected chi connectivity index (χ1v) is 11.5. The van der Waals surface area contributed by atoms with E-state index in [4.69, 9.17) is 9.47 Å². The number of benzene rings is 2. The fourth-order valence-electron chi connectivity index (χ4n) is 3.93. The summed E-state index contributed by atoms with van der Waals surface area (Å²) in [5, 5.41) is 7.54. The maximum absolute atomic E-state index is 13.2. The van der Waals surface area contributed by atoms with Crippen LogP contribution in [0.1, 0.15) is 56.7 Å². The van der Waals surface area contributed by atoms with Gasteiger partial charge in [-0.25, -0.2) is 9.48 Å². The van der Waals surface area contributed by atoms with E-state index < -0.39 is 6.04 Å². The zero-order valence-electron chi connectivity index (χ0n) is 19.2. The molecule has 7 nitrogen and oxygen atoms in total.